The molecule has 1 heterocycles. The second-order valence-electron chi connectivity index (χ2n) is 5.01. The van der Waals surface area contributed by atoms with Gasteiger partial charge in [-0.25, -0.2) is 0 Å². The third-order valence-electron chi connectivity index (χ3n) is 3.74. The minimum Gasteiger partial charge on any atom is -0.485 e. The second-order valence-corrected chi connectivity index (χ2v) is 6.71. The van der Waals surface area contributed by atoms with Crippen LogP contribution in [0.4, 0.5) is 0 Å². The molecule has 0 saturated carbocycles. The van der Waals surface area contributed by atoms with Crippen LogP contribution < -0.4 is 10.1 Å². The Balaban J connectivity index is 2.01. The van der Waals surface area contributed by atoms with Crippen LogP contribution >= 0.6 is 39.1 Å². The van der Waals surface area contributed by atoms with Gasteiger partial charge in [0.1, 0.15) is 11.9 Å². The molecule has 2 aromatic rings. The molecule has 3 rings (SSSR count). The van der Waals surface area contributed by atoms with Crippen LogP contribution in [-0.4, -0.2) is 7.05 Å². The van der Waals surface area contributed by atoms with Crippen molar-refractivity contribution in [2.45, 2.75) is 18.6 Å². The van der Waals surface area contributed by atoms with E-state index in [0.29, 0.717) is 10.0 Å². The lowest BCUT2D eigenvalue weighted by atomic mass is 9.93. The van der Waals surface area contributed by atoms with E-state index in [2.05, 4.69) is 27.3 Å². The Morgan fingerprint density at radius 1 is 1.19 bits per heavy atom. The maximum Gasteiger partial charge on any atom is 0.127 e. The van der Waals surface area contributed by atoms with Crippen molar-refractivity contribution in [1.82, 2.24) is 5.32 Å². The molecule has 0 spiro atoms. The zero-order valence-electron chi connectivity index (χ0n) is 11.4. The fourth-order valence-electron chi connectivity index (χ4n) is 2.67. The van der Waals surface area contributed by atoms with Crippen LogP contribution in [0.5, 0.6) is 5.75 Å². The number of hydrogen-bond donors (Lipinski definition) is 1. The van der Waals surface area contributed by atoms with Gasteiger partial charge in [0, 0.05) is 28.1 Å². The van der Waals surface area contributed by atoms with Gasteiger partial charge >= 0.3 is 0 Å². The minimum atomic E-state index is -0.109. The Hall–Kier alpha value is -0.740. The van der Waals surface area contributed by atoms with Gasteiger partial charge in [-0.3, -0.25) is 0 Å². The number of ether oxygens (including phenoxy) is 1. The Labute approximate surface area is 142 Å². The van der Waals surface area contributed by atoms with E-state index in [1.807, 2.05) is 31.3 Å². The van der Waals surface area contributed by atoms with Gasteiger partial charge in [0.25, 0.3) is 0 Å². The number of nitrogens with one attached hydrogen (secondary N) is 1. The quantitative estimate of drug-likeness (QED) is 0.731. The highest BCUT2D eigenvalue weighted by molar-refractivity contribution is 9.10. The predicted octanol–water partition coefficient (Wildman–Crippen LogP) is 5.54. The average molecular weight is 387 g/mol. The van der Waals surface area contributed by atoms with Gasteiger partial charge in [-0.15, -0.1) is 0 Å². The zero-order valence-corrected chi connectivity index (χ0v) is 14.5. The van der Waals surface area contributed by atoms with Gasteiger partial charge in [0.15, 0.2) is 0 Å². The highest BCUT2D eigenvalue weighted by atomic mass is 79.9. The number of fused-ring (bicyclic) bond motifs is 1. The van der Waals surface area contributed by atoms with Crippen molar-refractivity contribution < 1.29 is 4.74 Å². The smallest absolute Gasteiger partial charge is 0.127 e. The largest absolute Gasteiger partial charge is 0.485 e. The maximum absolute atomic E-state index is 6.33. The topological polar surface area (TPSA) is 21.3 Å². The zero-order chi connectivity index (χ0) is 15.0. The standard InChI is InChI=1S/C16H14BrCl2NO/c1-20-13-8-15(10-3-2-4-12(18)16(10)19)21-14-6-5-9(17)7-11(13)14/h2-7,13,15,20H,8H2,1H3. The van der Waals surface area contributed by atoms with E-state index in [0.717, 1.165) is 27.8 Å². The van der Waals surface area contributed by atoms with Crippen molar-refractivity contribution >= 4 is 39.1 Å². The fraction of sp³-hybridized carbons (Fsp3) is 0.250. The molecule has 1 aliphatic heterocycles. The summed E-state index contributed by atoms with van der Waals surface area (Å²) in [5, 5.41) is 4.47. The SMILES string of the molecule is CNC1CC(c2cccc(Cl)c2Cl)Oc2ccc(Br)cc21. The summed E-state index contributed by atoms with van der Waals surface area (Å²) >= 11 is 16.0. The molecule has 0 amide bonds. The first-order valence-corrected chi connectivity index (χ1v) is 8.22. The van der Waals surface area contributed by atoms with E-state index in [1.165, 1.54) is 0 Å². The summed E-state index contributed by atoms with van der Waals surface area (Å²) in [4.78, 5) is 0. The molecule has 2 atom stereocenters. The van der Waals surface area contributed by atoms with E-state index in [9.17, 15) is 0 Å². The molecule has 0 aromatic heterocycles. The summed E-state index contributed by atoms with van der Waals surface area (Å²) in [5.74, 6) is 0.879. The lowest BCUT2D eigenvalue weighted by Gasteiger charge is -2.33. The van der Waals surface area contributed by atoms with Crippen LogP contribution in [0.2, 0.25) is 10.0 Å². The first-order valence-electron chi connectivity index (χ1n) is 6.67. The monoisotopic (exact) mass is 385 g/mol. The first kappa shape index (κ1) is 15.2. The molecule has 1 N–H and O–H groups in total. The molecule has 5 heteroatoms. The molecule has 0 bridgehead atoms. The van der Waals surface area contributed by atoms with E-state index in [-0.39, 0.29) is 12.1 Å². The summed E-state index contributed by atoms with van der Waals surface area (Å²) in [5.41, 5.74) is 2.08. The van der Waals surface area contributed by atoms with Gasteiger partial charge in [-0.05, 0) is 31.3 Å². The van der Waals surface area contributed by atoms with Gasteiger partial charge in [-0.2, -0.15) is 0 Å². The lowest BCUT2D eigenvalue weighted by Crippen LogP contribution is -2.27. The molecule has 0 aliphatic carbocycles. The van der Waals surface area contributed by atoms with Crippen LogP contribution in [-0.2, 0) is 0 Å². The average Bonchev–Trinajstić information content (AvgIpc) is 2.49. The molecule has 1 aliphatic rings. The van der Waals surface area contributed by atoms with E-state index in [1.54, 1.807) is 6.07 Å². The Kier molecular flexibility index (Phi) is 4.46. The van der Waals surface area contributed by atoms with Crippen LogP contribution in [0.1, 0.15) is 29.7 Å². The molecule has 0 saturated heterocycles. The Morgan fingerprint density at radius 3 is 2.76 bits per heavy atom. The van der Waals surface area contributed by atoms with Crippen LogP contribution in [0.25, 0.3) is 0 Å². The number of benzene rings is 2. The van der Waals surface area contributed by atoms with Crippen molar-refractivity contribution in [3.63, 3.8) is 0 Å². The van der Waals surface area contributed by atoms with Crippen molar-refractivity contribution in [3.8, 4) is 5.75 Å². The van der Waals surface area contributed by atoms with Crippen molar-refractivity contribution in [1.29, 1.82) is 0 Å². The second kappa shape index (κ2) is 6.17. The maximum atomic E-state index is 6.33. The minimum absolute atomic E-state index is 0.109. The van der Waals surface area contributed by atoms with Crippen LogP contribution in [0.3, 0.4) is 0 Å². The molecule has 2 aromatic carbocycles. The molecular weight excluding hydrogens is 373 g/mol. The van der Waals surface area contributed by atoms with E-state index in [4.69, 9.17) is 27.9 Å². The van der Waals surface area contributed by atoms with Crippen molar-refractivity contribution in [2.24, 2.45) is 0 Å². The summed E-state index contributed by atoms with van der Waals surface area (Å²) in [6, 6.07) is 11.9. The Morgan fingerprint density at radius 2 is 2.00 bits per heavy atom. The molecule has 21 heavy (non-hydrogen) atoms. The van der Waals surface area contributed by atoms with Crippen LogP contribution in [0.15, 0.2) is 40.9 Å². The van der Waals surface area contributed by atoms with Crippen molar-refractivity contribution in [2.75, 3.05) is 7.05 Å². The molecule has 2 nitrogen and oxygen atoms in total. The highest BCUT2D eigenvalue weighted by Gasteiger charge is 2.30. The predicted molar refractivity (Wildman–Crippen MR) is 90.4 cm³/mol. The highest BCUT2D eigenvalue weighted by Crippen LogP contribution is 2.44. The molecule has 2 unspecified atom stereocenters. The van der Waals surface area contributed by atoms with Gasteiger partial charge in [-0.1, -0.05) is 51.3 Å². The van der Waals surface area contributed by atoms with Gasteiger partial charge in [0.05, 0.1) is 10.0 Å². The van der Waals surface area contributed by atoms with Crippen molar-refractivity contribution in [3.05, 3.63) is 62.0 Å². The van der Waals surface area contributed by atoms with Gasteiger partial charge < -0.3 is 10.1 Å². The summed E-state index contributed by atoms with van der Waals surface area (Å²) < 4.78 is 7.18. The third kappa shape index (κ3) is 2.93. The number of halogens is 3. The summed E-state index contributed by atoms with van der Waals surface area (Å²) in [7, 11) is 1.96. The van der Waals surface area contributed by atoms with E-state index >= 15 is 0 Å². The van der Waals surface area contributed by atoms with E-state index < -0.39 is 0 Å². The fourth-order valence-corrected chi connectivity index (χ4v) is 3.48. The summed E-state index contributed by atoms with van der Waals surface area (Å²) in [6.07, 6.45) is 0.697. The molecule has 0 fully saturated rings. The Bertz CT molecular complexity index is 677. The lowest BCUT2D eigenvalue weighted by molar-refractivity contribution is 0.154. The number of rotatable bonds is 2. The molecule has 110 valence electrons. The van der Waals surface area contributed by atoms with Gasteiger partial charge in [0.2, 0.25) is 0 Å². The van der Waals surface area contributed by atoms with Crippen LogP contribution in [0, 0.1) is 0 Å². The molecule has 0 radical (unpaired) electrons. The normalized spacial score (nSPS) is 20.8. The first-order chi connectivity index (χ1) is 10.1. The molecular formula is C16H14BrCl2NO. The number of hydrogen-bond acceptors (Lipinski definition) is 2. The summed E-state index contributed by atoms with van der Waals surface area (Å²) in [6.45, 7) is 0. The third-order valence-corrected chi connectivity index (χ3v) is 5.07.